The monoisotopic (exact) mass is 343 g/mol. The minimum atomic E-state index is -0.600. The van der Waals surface area contributed by atoms with E-state index in [2.05, 4.69) is 55.9 Å². The highest BCUT2D eigenvalue weighted by Gasteiger charge is 2.16. The number of hydrogen-bond acceptors (Lipinski definition) is 9. The van der Waals surface area contributed by atoms with E-state index in [1.165, 1.54) is 0 Å². The number of aromatic amines is 2. The Balaban J connectivity index is 1.76. The molecule has 0 spiro atoms. The number of hydrogen-bond donors (Lipinski definition) is 4. The second kappa shape index (κ2) is 6.38. The summed E-state index contributed by atoms with van der Waals surface area (Å²) in [5.74, 6) is -0.150. The molecule has 0 aliphatic carbocycles. The summed E-state index contributed by atoms with van der Waals surface area (Å²) in [6.45, 7) is 4.91. The van der Waals surface area contributed by atoms with E-state index in [1.807, 2.05) is 0 Å². The molecule has 0 atom stereocenters. The van der Waals surface area contributed by atoms with Crippen LogP contribution in [0.2, 0.25) is 0 Å². The normalized spacial score (nSPS) is 10.5. The molecule has 3 rings (SSSR count). The van der Waals surface area contributed by atoms with E-state index in [4.69, 9.17) is 0 Å². The maximum Gasteiger partial charge on any atom is 0.297 e. The number of nitrogens with one attached hydrogen (secondary N) is 4. The number of H-pyrrole nitrogens is 2. The summed E-state index contributed by atoms with van der Waals surface area (Å²) in [6, 6.07) is 0. The fourth-order valence-corrected chi connectivity index (χ4v) is 1.80. The van der Waals surface area contributed by atoms with Crippen LogP contribution in [0.4, 0.5) is 11.9 Å². The lowest BCUT2D eigenvalue weighted by molar-refractivity contribution is 0.101. The molecule has 3 aromatic heterocycles. The van der Waals surface area contributed by atoms with Gasteiger partial charge in [0.25, 0.3) is 11.8 Å². The Morgan fingerprint density at radius 2 is 1.16 bits per heavy atom. The van der Waals surface area contributed by atoms with Gasteiger partial charge in [0, 0.05) is 0 Å². The molecule has 3 heterocycles. The Morgan fingerprint density at radius 1 is 0.720 bits per heavy atom. The van der Waals surface area contributed by atoms with Crippen molar-refractivity contribution in [2.45, 2.75) is 20.8 Å². The van der Waals surface area contributed by atoms with Gasteiger partial charge < -0.3 is 0 Å². The Bertz CT molecular complexity index is 872. The highest BCUT2D eigenvalue weighted by Crippen LogP contribution is 2.07. The van der Waals surface area contributed by atoms with Gasteiger partial charge in [0.1, 0.15) is 17.5 Å². The average Bonchev–Trinajstić information content (AvgIpc) is 3.15. The first-order valence-corrected chi connectivity index (χ1v) is 7.04. The van der Waals surface area contributed by atoms with Gasteiger partial charge in [0.2, 0.25) is 23.5 Å². The van der Waals surface area contributed by atoms with Crippen molar-refractivity contribution < 1.29 is 9.59 Å². The van der Waals surface area contributed by atoms with Crippen LogP contribution in [0.25, 0.3) is 0 Å². The first kappa shape index (κ1) is 16.1. The van der Waals surface area contributed by atoms with E-state index in [9.17, 15) is 9.59 Å². The van der Waals surface area contributed by atoms with Crippen LogP contribution in [0, 0.1) is 20.8 Å². The molecule has 0 saturated heterocycles. The number of carbonyl (C=O) groups excluding carboxylic acids is 2. The summed E-state index contributed by atoms with van der Waals surface area (Å²) in [4.78, 5) is 43.8. The minimum absolute atomic E-state index is 0.0542. The third-order valence-corrected chi connectivity index (χ3v) is 2.80. The van der Waals surface area contributed by atoms with E-state index < -0.39 is 11.8 Å². The fourth-order valence-electron chi connectivity index (χ4n) is 1.80. The lowest BCUT2D eigenvalue weighted by atomic mass is 10.5. The number of aromatic nitrogens is 9. The third-order valence-electron chi connectivity index (χ3n) is 2.80. The van der Waals surface area contributed by atoms with Crippen LogP contribution in [0.15, 0.2) is 0 Å². The average molecular weight is 343 g/mol. The number of carbonyl (C=O) groups is 2. The zero-order valence-electron chi connectivity index (χ0n) is 13.4. The molecule has 0 fully saturated rings. The second-order valence-electron chi connectivity index (χ2n) is 4.93. The molecule has 0 bridgehead atoms. The molecule has 0 aromatic carbocycles. The Morgan fingerprint density at radius 3 is 1.52 bits per heavy atom. The summed E-state index contributed by atoms with van der Waals surface area (Å²) in [7, 11) is 0. The first-order chi connectivity index (χ1) is 11.9. The van der Waals surface area contributed by atoms with Gasteiger partial charge in [0.15, 0.2) is 0 Å². The van der Waals surface area contributed by atoms with Gasteiger partial charge >= 0.3 is 0 Å². The quantitative estimate of drug-likeness (QED) is 0.487. The van der Waals surface area contributed by atoms with Crippen molar-refractivity contribution in [1.29, 1.82) is 0 Å². The maximum absolute atomic E-state index is 12.0. The molecule has 3 aromatic rings. The molecule has 25 heavy (non-hydrogen) atoms. The Labute approximate surface area is 140 Å². The summed E-state index contributed by atoms with van der Waals surface area (Å²) < 4.78 is 0. The molecule has 0 saturated carbocycles. The van der Waals surface area contributed by atoms with Crippen LogP contribution in [0.1, 0.15) is 38.7 Å². The predicted molar refractivity (Wildman–Crippen MR) is 82.7 cm³/mol. The van der Waals surface area contributed by atoms with Gasteiger partial charge in [-0.3, -0.25) is 30.4 Å². The summed E-state index contributed by atoms with van der Waals surface area (Å²) in [5.41, 5.74) is 0. The van der Waals surface area contributed by atoms with E-state index in [0.717, 1.165) is 0 Å². The highest BCUT2D eigenvalue weighted by molar-refractivity contribution is 6.01. The lowest BCUT2D eigenvalue weighted by Gasteiger charge is -2.05. The number of rotatable bonds is 4. The van der Waals surface area contributed by atoms with Gasteiger partial charge in [-0.15, -0.1) is 10.2 Å². The van der Waals surface area contributed by atoms with Crippen molar-refractivity contribution in [3.8, 4) is 0 Å². The standard InChI is InChI=1S/C12H13N11O2/c1-4-15-11(17-9(24)7-13-5(2)20-22-7)19-12(16-4)18-10(25)8-14-6(3)21-23-8/h1-3H3,(H,13,20,22)(H,14,21,23)(H2,15,16,17,18,19,24,25). The second-order valence-corrected chi connectivity index (χ2v) is 4.93. The SMILES string of the molecule is Cc1nc(NC(=O)c2n[nH]c(C)n2)nc(NC(=O)c2n[nH]c(C)n2)n1. The number of anilines is 2. The zero-order chi connectivity index (χ0) is 18.0. The lowest BCUT2D eigenvalue weighted by Crippen LogP contribution is -2.20. The van der Waals surface area contributed by atoms with Crippen molar-refractivity contribution in [1.82, 2.24) is 45.3 Å². The van der Waals surface area contributed by atoms with Crippen molar-refractivity contribution in [3.05, 3.63) is 29.1 Å². The van der Waals surface area contributed by atoms with Crippen molar-refractivity contribution >= 4 is 23.7 Å². The van der Waals surface area contributed by atoms with Crippen LogP contribution in [0.3, 0.4) is 0 Å². The van der Waals surface area contributed by atoms with E-state index in [-0.39, 0.29) is 29.4 Å². The van der Waals surface area contributed by atoms with Crippen molar-refractivity contribution in [2.24, 2.45) is 0 Å². The molecular weight excluding hydrogens is 330 g/mol. The van der Waals surface area contributed by atoms with Gasteiger partial charge in [-0.25, -0.2) is 9.97 Å². The Kier molecular flexibility index (Phi) is 4.11. The van der Waals surface area contributed by atoms with Gasteiger partial charge in [0.05, 0.1) is 0 Å². The number of aryl methyl sites for hydroxylation is 3. The highest BCUT2D eigenvalue weighted by atomic mass is 16.2. The molecule has 4 N–H and O–H groups in total. The molecule has 0 unspecified atom stereocenters. The van der Waals surface area contributed by atoms with Crippen LogP contribution in [-0.2, 0) is 0 Å². The van der Waals surface area contributed by atoms with Crippen LogP contribution in [0.5, 0.6) is 0 Å². The first-order valence-electron chi connectivity index (χ1n) is 7.04. The number of nitrogens with zero attached hydrogens (tertiary/aromatic N) is 7. The topological polar surface area (TPSA) is 180 Å². The van der Waals surface area contributed by atoms with Crippen LogP contribution < -0.4 is 10.6 Å². The molecule has 0 aliphatic heterocycles. The van der Waals surface area contributed by atoms with E-state index in [1.54, 1.807) is 20.8 Å². The fraction of sp³-hybridized carbons (Fsp3) is 0.250. The van der Waals surface area contributed by atoms with Gasteiger partial charge in [-0.2, -0.15) is 15.0 Å². The summed E-state index contributed by atoms with van der Waals surface area (Å²) in [5, 5.41) is 17.5. The third kappa shape index (κ3) is 3.77. The van der Waals surface area contributed by atoms with Crippen molar-refractivity contribution in [3.63, 3.8) is 0 Å². The smallest absolute Gasteiger partial charge is 0.287 e. The molecule has 13 heteroatoms. The van der Waals surface area contributed by atoms with Crippen LogP contribution in [-0.4, -0.2) is 57.1 Å². The zero-order valence-corrected chi connectivity index (χ0v) is 13.4. The van der Waals surface area contributed by atoms with E-state index >= 15 is 0 Å². The molecule has 2 amide bonds. The molecule has 128 valence electrons. The van der Waals surface area contributed by atoms with Gasteiger partial charge in [-0.05, 0) is 20.8 Å². The molecular formula is C12H13N11O2. The largest absolute Gasteiger partial charge is 0.297 e. The van der Waals surface area contributed by atoms with Crippen molar-refractivity contribution in [2.75, 3.05) is 10.6 Å². The van der Waals surface area contributed by atoms with E-state index in [0.29, 0.717) is 11.6 Å². The molecule has 0 aliphatic rings. The predicted octanol–water partition coefficient (Wildman–Crippen LogP) is -0.462. The summed E-state index contributed by atoms with van der Waals surface area (Å²) in [6.07, 6.45) is 0. The minimum Gasteiger partial charge on any atom is -0.287 e. The molecule has 13 nitrogen and oxygen atoms in total. The number of amides is 2. The van der Waals surface area contributed by atoms with Crippen LogP contribution >= 0.6 is 0 Å². The summed E-state index contributed by atoms with van der Waals surface area (Å²) >= 11 is 0. The molecule has 0 radical (unpaired) electrons. The maximum atomic E-state index is 12.0. The van der Waals surface area contributed by atoms with Gasteiger partial charge in [-0.1, -0.05) is 0 Å². The Hall–Kier alpha value is -3.77.